The van der Waals surface area contributed by atoms with Gasteiger partial charge in [0.15, 0.2) is 11.3 Å². The van der Waals surface area contributed by atoms with E-state index in [-0.39, 0.29) is 5.69 Å². The third-order valence-corrected chi connectivity index (χ3v) is 4.27. The number of hydrogen-bond acceptors (Lipinski definition) is 4. The first kappa shape index (κ1) is 14.7. The second-order valence-corrected chi connectivity index (χ2v) is 6.14. The molecule has 0 aromatic carbocycles. The van der Waals surface area contributed by atoms with Gasteiger partial charge in [0.1, 0.15) is 0 Å². The largest absolute Gasteiger partial charge is 0.329 e. The lowest BCUT2D eigenvalue weighted by Crippen LogP contribution is -2.17. The van der Waals surface area contributed by atoms with Gasteiger partial charge in [-0.3, -0.25) is 9.55 Å². The number of allylic oxidation sites excluding steroid dienone is 1. The fourth-order valence-electron chi connectivity index (χ4n) is 2.25. The molecule has 22 heavy (non-hydrogen) atoms. The molecule has 3 aromatic rings. The van der Waals surface area contributed by atoms with Crippen LogP contribution in [0.25, 0.3) is 17.4 Å². The van der Waals surface area contributed by atoms with E-state index < -0.39 is 0 Å². The fraction of sp³-hybridized carbons (Fsp3) is 0.312. The number of nitrogens with one attached hydrogen (secondary N) is 1. The predicted octanol–water partition coefficient (Wildman–Crippen LogP) is 3.43. The molecule has 0 fully saturated rings. The molecule has 0 amide bonds. The minimum Gasteiger partial charge on any atom is -0.289 e. The van der Waals surface area contributed by atoms with E-state index in [4.69, 9.17) is 0 Å². The normalized spacial score (nSPS) is 11.7. The van der Waals surface area contributed by atoms with Gasteiger partial charge in [0.05, 0.1) is 18.4 Å². The summed E-state index contributed by atoms with van der Waals surface area (Å²) in [5, 5.41) is 2.00. The first-order valence-corrected chi connectivity index (χ1v) is 8.30. The van der Waals surface area contributed by atoms with Crippen LogP contribution >= 0.6 is 11.3 Å². The van der Waals surface area contributed by atoms with Crippen LogP contribution in [-0.4, -0.2) is 19.5 Å². The van der Waals surface area contributed by atoms with Crippen molar-refractivity contribution in [2.75, 3.05) is 0 Å². The van der Waals surface area contributed by atoms with E-state index >= 15 is 0 Å². The Balaban J connectivity index is 1.92. The van der Waals surface area contributed by atoms with E-state index in [2.05, 4.69) is 28.0 Å². The summed E-state index contributed by atoms with van der Waals surface area (Å²) in [6, 6.07) is 3.99. The van der Waals surface area contributed by atoms with Crippen molar-refractivity contribution in [3.05, 3.63) is 50.8 Å². The summed E-state index contributed by atoms with van der Waals surface area (Å²) < 4.78 is 1.64. The van der Waals surface area contributed by atoms with Crippen LogP contribution < -0.4 is 5.69 Å². The molecule has 6 heteroatoms. The Morgan fingerprint density at radius 3 is 3.14 bits per heavy atom. The molecule has 5 nitrogen and oxygen atoms in total. The molecule has 0 aliphatic heterocycles. The van der Waals surface area contributed by atoms with Gasteiger partial charge in [-0.25, -0.2) is 14.8 Å². The molecule has 0 atom stereocenters. The van der Waals surface area contributed by atoms with Crippen LogP contribution in [-0.2, 0) is 6.54 Å². The van der Waals surface area contributed by atoms with Crippen LogP contribution in [0.15, 0.2) is 34.6 Å². The fourth-order valence-corrected chi connectivity index (χ4v) is 2.94. The van der Waals surface area contributed by atoms with Gasteiger partial charge < -0.3 is 0 Å². The smallest absolute Gasteiger partial charge is 0.289 e. The third-order valence-electron chi connectivity index (χ3n) is 3.41. The highest BCUT2D eigenvalue weighted by Crippen LogP contribution is 2.13. The average molecular weight is 314 g/mol. The molecule has 0 aliphatic rings. The lowest BCUT2D eigenvalue weighted by molar-refractivity contribution is 0.788. The summed E-state index contributed by atoms with van der Waals surface area (Å²) in [6.45, 7) is 2.69. The number of aromatic nitrogens is 4. The maximum absolute atomic E-state index is 12.1. The highest BCUT2D eigenvalue weighted by molar-refractivity contribution is 7.09. The standard InChI is InChI=1S/C16H18N4OS/c1-2-3-4-5-7-12-10-17-14-15(18-12)20(16(21)19-14)11-13-8-6-9-22-13/h5-10H,2-4,11H2,1H3,(H,17,19,21)/b7-5+. The van der Waals surface area contributed by atoms with Crippen LogP contribution in [0, 0.1) is 0 Å². The molecular formula is C16H18N4OS. The highest BCUT2D eigenvalue weighted by Gasteiger charge is 2.10. The molecule has 0 spiro atoms. The van der Waals surface area contributed by atoms with Gasteiger partial charge >= 0.3 is 5.69 Å². The summed E-state index contributed by atoms with van der Waals surface area (Å²) >= 11 is 1.63. The topological polar surface area (TPSA) is 63.6 Å². The van der Waals surface area contributed by atoms with Crippen molar-refractivity contribution in [1.82, 2.24) is 19.5 Å². The summed E-state index contributed by atoms with van der Waals surface area (Å²) in [7, 11) is 0. The maximum atomic E-state index is 12.1. The maximum Gasteiger partial charge on any atom is 0.329 e. The molecule has 0 aliphatic carbocycles. The van der Waals surface area contributed by atoms with E-state index in [1.807, 2.05) is 23.6 Å². The average Bonchev–Trinajstić information content (AvgIpc) is 3.13. The van der Waals surface area contributed by atoms with E-state index in [1.165, 1.54) is 12.8 Å². The van der Waals surface area contributed by atoms with Gasteiger partial charge in [-0.1, -0.05) is 31.9 Å². The van der Waals surface area contributed by atoms with E-state index in [0.717, 1.165) is 17.0 Å². The van der Waals surface area contributed by atoms with Gasteiger partial charge in [-0.15, -0.1) is 11.3 Å². The summed E-state index contributed by atoms with van der Waals surface area (Å²) in [5.74, 6) is 0. The Kier molecular flexibility index (Phi) is 4.48. The number of nitrogens with zero attached hydrogens (tertiary/aromatic N) is 3. The van der Waals surface area contributed by atoms with Crippen molar-refractivity contribution < 1.29 is 0 Å². The number of fused-ring (bicyclic) bond motifs is 1. The summed E-state index contributed by atoms with van der Waals surface area (Å²) in [6.07, 6.45) is 9.14. The molecule has 1 N–H and O–H groups in total. The second-order valence-electron chi connectivity index (χ2n) is 5.11. The number of unbranched alkanes of at least 4 members (excludes halogenated alkanes) is 2. The zero-order valence-electron chi connectivity index (χ0n) is 12.5. The van der Waals surface area contributed by atoms with E-state index in [1.54, 1.807) is 22.1 Å². The van der Waals surface area contributed by atoms with Crippen molar-refractivity contribution in [3.8, 4) is 0 Å². The van der Waals surface area contributed by atoms with Crippen LogP contribution in [0.5, 0.6) is 0 Å². The Hall–Kier alpha value is -2.21. The number of rotatable bonds is 6. The number of thiophene rings is 1. The Bertz CT molecular complexity index is 830. The van der Waals surface area contributed by atoms with Crippen LogP contribution in [0.4, 0.5) is 0 Å². The molecule has 0 saturated heterocycles. The molecule has 0 bridgehead atoms. The molecule has 0 radical (unpaired) electrons. The van der Waals surface area contributed by atoms with Gasteiger partial charge in [0.25, 0.3) is 0 Å². The first-order chi connectivity index (χ1) is 10.8. The summed E-state index contributed by atoms with van der Waals surface area (Å²) in [4.78, 5) is 24.8. The third kappa shape index (κ3) is 3.17. The molecule has 0 unspecified atom stereocenters. The highest BCUT2D eigenvalue weighted by atomic mass is 32.1. The summed E-state index contributed by atoms with van der Waals surface area (Å²) in [5.41, 5.74) is 1.75. The number of hydrogen-bond donors (Lipinski definition) is 1. The van der Waals surface area contributed by atoms with Crippen molar-refractivity contribution in [2.45, 2.75) is 32.7 Å². The minimum atomic E-state index is -0.171. The zero-order valence-corrected chi connectivity index (χ0v) is 13.3. The zero-order chi connectivity index (χ0) is 15.4. The number of aromatic amines is 1. The minimum absolute atomic E-state index is 0.171. The van der Waals surface area contributed by atoms with Gasteiger partial charge in [0, 0.05) is 4.88 Å². The Morgan fingerprint density at radius 2 is 2.36 bits per heavy atom. The Labute approximate surface area is 132 Å². The lowest BCUT2D eigenvalue weighted by Gasteiger charge is -2.00. The molecule has 3 rings (SSSR count). The van der Waals surface area contributed by atoms with E-state index in [9.17, 15) is 4.79 Å². The quantitative estimate of drug-likeness (QED) is 0.709. The van der Waals surface area contributed by atoms with E-state index in [0.29, 0.717) is 17.8 Å². The monoisotopic (exact) mass is 314 g/mol. The Morgan fingerprint density at radius 1 is 1.45 bits per heavy atom. The first-order valence-electron chi connectivity index (χ1n) is 7.42. The lowest BCUT2D eigenvalue weighted by atomic mass is 10.2. The van der Waals surface area contributed by atoms with Gasteiger partial charge in [-0.2, -0.15) is 0 Å². The SMILES string of the molecule is CCCC/C=C/c1cnc2[nH]c(=O)n(Cc3cccs3)c2n1. The van der Waals surface area contributed by atoms with Crippen LogP contribution in [0.3, 0.4) is 0 Å². The molecule has 114 valence electrons. The van der Waals surface area contributed by atoms with Crippen molar-refractivity contribution >= 4 is 28.7 Å². The van der Waals surface area contributed by atoms with Crippen LogP contribution in [0.1, 0.15) is 36.8 Å². The molecule has 3 aromatic heterocycles. The van der Waals surface area contributed by atoms with Gasteiger partial charge in [0.2, 0.25) is 0 Å². The van der Waals surface area contributed by atoms with Crippen molar-refractivity contribution in [1.29, 1.82) is 0 Å². The van der Waals surface area contributed by atoms with Crippen molar-refractivity contribution in [3.63, 3.8) is 0 Å². The van der Waals surface area contributed by atoms with Gasteiger partial charge in [-0.05, 0) is 23.9 Å². The molecular weight excluding hydrogens is 296 g/mol. The second kappa shape index (κ2) is 6.70. The predicted molar refractivity (Wildman–Crippen MR) is 90.1 cm³/mol. The molecule has 0 saturated carbocycles. The van der Waals surface area contributed by atoms with Crippen LogP contribution in [0.2, 0.25) is 0 Å². The number of imidazole rings is 1. The molecule has 3 heterocycles. The number of H-pyrrole nitrogens is 1. The van der Waals surface area contributed by atoms with Crippen molar-refractivity contribution in [2.24, 2.45) is 0 Å².